The first-order chi connectivity index (χ1) is 6.20. The Morgan fingerprint density at radius 2 is 2.00 bits per heavy atom. The number of aliphatic hydroxyl groups is 1. The lowest BCUT2D eigenvalue weighted by Crippen LogP contribution is -2.06. The molecule has 0 aliphatic carbocycles. The number of carbonyl (C=O) groups excluding carboxylic acids is 1. The molecular weight excluding hydrogens is 168 g/mol. The van der Waals surface area contributed by atoms with Crippen LogP contribution in [0.3, 0.4) is 0 Å². The summed E-state index contributed by atoms with van der Waals surface area (Å²) >= 11 is 0. The summed E-state index contributed by atoms with van der Waals surface area (Å²) in [5.74, 6) is -1.36. The second-order valence-corrected chi connectivity index (χ2v) is 2.51. The van der Waals surface area contributed by atoms with Crippen molar-refractivity contribution in [1.82, 2.24) is 0 Å². The van der Waals surface area contributed by atoms with Gasteiger partial charge in [-0.3, -0.25) is 0 Å². The van der Waals surface area contributed by atoms with Crippen molar-refractivity contribution in [3.63, 3.8) is 0 Å². The summed E-state index contributed by atoms with van der Waals surface area (Å²) in [7, 11) is 0. The summed E-state index contributed by atoms with van der Waals surface area (Å²) in [4.78, 5) is 10.7. The Labute approximate surface area is 76.3 Å². The largest absolute Gasteiger partial charge is 0.502 e. The highest BCUT2D eigenvalue weighted by Gasteiger charge is 2.05. The molecule has 0 saturated heterocycles. The van der Waals surface area contributed by atoms with Crippen LogP contribution in [0.15, 0.2) is 42.7 Å². The number of ether oxygens (including phenoxy) is 1. The van der Waals surface area contributed by atoms with Crippen molar-refractivity contribution >= 4 is 5.97 Å². The molecule has 3 heteroatoms. The molecule has 0 fully saturated rings. The van der Waals surface area contributed by atoms with Crippen LogP contribution in [0.2, 0.25) is 0 Å². The smallest absolute Gasteiger partial charge is 0.373 e. The van der Waals surface area contributed by atoms with E-state index in [4.69, 9.17) is 9.84 Å². The molecule has 3 nitrogen and oxygen atoms in total. The topological polar surface area (TPSA) is 46.5 Å². The average molecular weight is 178 g/mol. The molecule has 0 radical (unpaired) electrons. The minimum atomic E-state index is -0.788. The standard InChI is InChI=1S/C10H10O3/c1-8(11)10(12)13-7-9-5-3-2-4-6-9/h2-6,11H,1,7H2. The van der Waals surface area contributed by atoms with Gasteiger partial charge in [0.05, 0.1) is 0 Å². The Balaban J connectivity index is 2.44. The molecule has 1 rings (SSSR count). The summed E-state index contributed by atoms with van der Waals surface area (Å²) in [6, 6.07) is 9.21. The lowest BCUT2D eigenvalue weighted by atomic mass is 10.2. The van der Waals surface area contributed by atoms with E-state index in [1.807, 2.05) is 30.3 Å². The van der Waals surface area contributed by atoms with Crippen molar-refractivity contribution in [2.75, 3.05) is 0 Å². The van der Waals surface area contributed by atoms with Crippen LogP contribution in [-0.2, 0) is 16.1 Å². The van der Waals surface area contributed by atoms with Gasteiger partial charge >= 0.3 is 5.97 Å². The molecule has 0 aromatic heterocycles. The SMILES string of the molecule is C=C(O)C(=O)OCc1ccccc1. The normalized spacial score (nSPS) is 9.23. The summed E-state index contributed by atoms with van der Waals surface area (Å²) < 4.78 is 4.70. The van der Waals surface area contributed by atoms with Crippen LogP contribution in [0, 0.1) is 0 Å². The molecular formula is C10H10O3. The lowest BCUT2D eigenvalue weighted by Gasteiger charge is -2.02. The zero-order valence-corrected chi connectivity index (χ0v) is 7.06. The third-order valence-corrected chi connectivity index (χ3v) is 1.45. The van der Waals surface area contributed by atoms with Crippen molar-refractivity contribution < 1.29 is 14.6 Å². The van der Waals surface area contributed by atoms with Crippen molar-refractivity contribution in [2.24, 2.45) is 0 Å². The van der Waals surface area contributed by atoms with Gasteiger partial charge in [0.1, 0.15) is 6.61 Å². The van der Waals surface area contributed by atoms with Crippen LogP contribution in [-0.4, -0.2) is 11.1 Å². The zero-order chi connectivity index (χ0) is 9.68. The molecule has 0 aliphatic heterocycles. The van der Waals surface area contributed by atoms with Crippen LogP contribution in [0.25, 0.3) is 0 Å². The summed E-state index contributed by atoms with van der Waals surface area (Å²) in [5, 5.41) is 8.63. The summed E-state index contributed by atoms with van der Waals surface area (Å²) in [6.07, 6.45) is 0. The van der Waals surface area contributed by atoms with Gasteiger partial charge < -0.3 is 9.84 Å². The fourth-order valence-electron chi connectivity index (χ4n) is 0.806. The van der Waals surface area contributed by atoms with Crippen LogP contribution in [0.5, 0.6) is 0 Å². The zero-order valence-electron chi connectivity index (χ0n) is 7.06. The number of hydrogen-bond acceptors (Lipinski definition) is 3. The van der Waals surface area contributed by atoms with Crippen LogP contribution >= 0.6 is 0 Å². The van der Waals surface area contributed by atoms with Gasteiger partial charge in [0.2, 0.25) is 0 Å². The predicted octanol–water partition coefficient (Wildman–Crippen LogP) is 1.80. The molecule has 13 heavy (non-hydrogen) atoms. The molecule has 0 unspecified atom stereocenters. The van der Waals surface area contributed by atoms with Gasteiger partial charge in [-0.15, -0.1) is 0 Å². The summed E-state index contributed by atoms with van der Waals surface area (Å²) in [5.41, 5.74) is 0.872. The van der Waals surface area contributed by atoms with E-state index in [2.05, 4.69) is 6.58 Å². The molecule has 0 spiro atoms. The highest BCUT2D eigenvalue weighted by atomic mass is 16.5. The van der Waals surface area contributed by atoms with E-state index in [1.54, 1.807) is 0 Å². The maximum Gasteiger partial charge on any atom is 0.373 e. The molecule has 68 valence electrons. The van der Waals surface area contributed by atoms with Gasteiger partial charge in [0.25, 0.3) is 0 Å². The number of benzene rings is 1. The van der Waals surface area contributed by atoms with E-state index in [9.17, 15) is 4.79 Å². The Morgan fingerprint density at radius 1 is 1.38 bits per heavy atom. The monoisotopic (exact) mass is 178 g/mol. The quantitative estimate of drug-likeness (QED) is 0.436. The van der Waals surface area contributed by atoms with Gasteiger partial charge in [-0.05, 0) is 12.1 Å². The minimum Gasteiger partial charge on any atom is -0.502 e. The number of aliphatic hydroxyl groups excluding tert-OH is 1. The van der Waals surface area contributed by atoms with E-state index >= 15 is 0 Å². The molecule has 0 heterocycles. The maximum absolute atomic E-state index is 10.7. The first-order valence-corrected chi connectivity index (χ1v) is 3.79. The molecule has 0 bridgehead atoms. The van der Waals surface area contributed by atoms with Crippen molar-refractivity contribution in [2.45, 2.75) is 6.61 Å². The number of rotatable bonds is 3. The van der Waals surface area contributed by atoms with Gasteiger partial charge in [-0.2, -0.15) is 0 Å². The van der Waals surface area contributed by atoms with Crippen molar-refractivity contribution in [3.05, 3.63) is 48.2 Å². The minimum absolute atomic E-state index is 0.152. The highest BCUT2D eigenvalue weighted by Crippen LogP contribution is 2.01. The van der Waals surface area contributed by atoms with Crippen LogP contribution < -0.4 is 0 Å². The Bertz CT molecular complexity index is 303. The first-order valence-electron chi connectivity index (χ1n) is 3.79. The van der Waals surface area contributed by atoms with E-state index in [0.717, 1.165) is 5.56 Å². The third kappa shape index (κ3) is 2.99. The van der Waals surface area contributed by atoms with E-state index in [-0.39, 0.29) is 6.61 Å². The van der Waals surface area contributed by atoms with Crippen molar-refractivity contribution in [3.8, 4) is 0 Å². The molecule has 0 amide bonds. The summed E-state index contributed by atoms with van der Waals surface area (Å²) in [6.45, 7) is 3.20. The van der Waals surface area contributed by atoms with E-state index < -0.39 is 11.7 Å². The second kappa shape index (κ2) is 4.30. The third-order valence-electron chi connectivity index (χ3n) is 1.45. The average Bonchev–Trinajstić information content (AvgIpc) is 2.15. The predicted molar refractivity (Wildman–Crippen MR) is 48.0 cm³/mol. The first kappa shape index (κ1) is 9.32. The van der Waals surface area contributed by atoms with Crippen LogP contribution in [0.1, 0.15) is 5.56 Å². The Morgan fingerprint density at radius 3 is 2.54 bits per heavy atom. The maximum atomic E-state index is 10.7. The molecule has 1 aromatic carbocycles. The fourth-order valence-corrected chi connectivity index (χ4v) is 0.806. The molecule has 1 aromatic rings. The van der Waals surface area contributed by atoms with Gasteiger partial charge in [-0.1, -0.05) is 30.3 Å². The van der Waals surface area contributed by atoms with Gasteiger partial charge in [0.15, 0.2) is 5.76 Å². The fraction of sp³-hybridized carbons (Fsp3) is 0.100. The molecule has 0 saturated carbocycles. The lowest BCUT2D eigenvalue weighted by molar-refractivity contribution is -0.143. The van der Waals surface area contributed by atoms with Gasteiger partial charge in [0, 0.05) is 0 Å². The van der Waals surface area contributed by atoms with Crippen LogP contribution in [0.4, 0.5) is 0 Å². The highest BCUT2D eigenvalue weighted by molar-refractivity contribution is 5.84. The van der Waals surface area contributed by atoms with E-state index in [1.165, 1.54) is 0 Å². The van der Waals surface area contributed by atoms with Gasteiger partial charge in [-0.25, -0.2) is 4.79 Å². The molecule has 1 N–H and O–H groups in total. The molecule has 0 atom stereocenters. The van der Waals surface area contributed by atoms with E-state index in [0.29, 0.717) is 0 Å². The number of esters is 1. The number of hydrogen-bond donors (Lipinski definition) is 1. The second-order valence-electron chi connectivity index (χ2n) is 2.51. The Kier molecular flexibility index (Phi) is 3.09. The Hall–Kier alpha value is -1.77. The molecule has 0 aliphatic rings. The van der Waals surface area contributed by atoms with Crippen molar-refractivity contribution in [1.29, 1.82) is 0 Å². The number of carbonyl (C=O) groups is 1.